The van der Waals surface area contributed by atoms with E-state index in [-0.39, 0.29) is 18.5 Å². The number of aliphatic hydroxyl groups excluding tert-OH is 1. The molecule has 0 saturated carbocycles. The fourth-order valence-electron chi connectivity index (χ4n) is 6.04. The number of likely N-dealkylation sites (tertiary alicyclic amines) is 1. The van der Waals surface area contributed by atoms with Gasteiger partial charge >= 0.3 is 6.18 Å². The molecule has 0 spiro atoms. The average molecular weight is 540 g/mol. The Bertz CT molecular complexity index is 1330. The predicted octanol–water partition coefficient (Wildman–Crippen LogP) is 5.34. The molecule has 1 aromatic heterocycles. The van der Waals surface area contributed by atoms with Crippen LogP contribution < -0.4 is 10.6 Å². The first-order valence-electron chi connectivity index (χ1n) is 13.2. The number of para-hydroxylation sites is 1. The first-order valence-corrected chi connectivity index (χ1v) is 13.2. The maximum Gasteiger partial charge on any atom is 0.404 e. The minimum atomic E-state index is -4.52. The zero-order chi connectivity index (χ0) is 27.8. The van der Waals surface area contributed by atoms with Gasteiger partial charge in [0.05, 0.1) is 11.8 Å². The SMILES string of the molecule is CC(C)N1C(C(F)(F)F)CC[C@@]1(C(=O)Nc1ccccc1)c1cc(Nc2cccc3c2C[C@H](O)CC3)ncn1. The lowest BCUT2D eigenvalue weighted by atomic mass is 9.88. The Morgan fingerprint density at radius 1 is 1.10 bits per heavy atom. The molecule has 0 bridgehead atoms. The lowest BCUT2D eigenvalue weighted by Crippen LogP contribution is -2.58. The maximum absolute atomic E-state index is 14.2. The number of anilines is 3. The second-order valence-electron chi connectivity index (χ2n) is 10.5. The van der Waals surface area contributed by atoms with Crippen molar-refractivity contribution in [2.24, 2.45) is 0 Å². The number of hydrogen-bond donors (Lipinski definition) is 3. The number of aliphatic hydroxyl groups is 1. The zero-order valence-electron chi connectivity index (χ0n) is 21.9. The lowest BCUT2D eigenvalue weighted by molar-refractivity contribution is -0.191. The van der Waals surface area contributed by atoms with Gasteiger partial charge in [0.2, 0.25) is 0 Å². The van der Waals surface area contributed by atoms with Crippen LogP contribution in [0.2, 0.25) is 0 Å². The van der Waals surface area contributed by atoms with Gasteiger partial charge in [-0.05, 0) is 68.9 Å². The van der Waals surface area contributed by atoms with Crippen LogP contribution in [-0.4, -0.2) is 50.2 Å². The number of benzene rings is 2. The summed E-state index contributed by atoms with van der Waals surface area (Å²) in [5, 5.41) is 16.3. The topological polar surface area (TPSA) is 90.4 Å². The van der Waals surface area contributed by atoms with E-state index in [1.165, 1.54) is 11.2 Å². The van der Waals surface area contributed by atoms with Crippen molar-refractivity contribution in [3.63, 3.8) is 0 Å². The number of carbonyl (C=O) groups excluding carboxylic acids is 1. The molecule has 2 aliphatic rings. The summed E-state index contributed by atoms with van der Waals surface area (Å²) in [5.74, 6) is -0.210. The second kappa shape index (κ2) is 10.6. The number of rotatable bonds is 6. The van der Waals surface area contributed by atoms with Crippen molar-refractivity contribution in [1.82, 2.24) is 14.9 Å². The molecular weight excluding hydrogens is 507 g/mol. The molecule has 1 unspecified atom stereocenters. The molecule has 1 aliphatic heterocycles. The van der Waals surface area contributed by atoms with Crippen molar-refractivity contribution in [2.45, 2.75) is 75.9 Å². The summed E-state index contributed by atoms with van der Waals surface area (Å²) >= 11 is 0. The van der Waals surface area contributed by atoms with E-state index >= 15 is 0 Å². The normalized spacial score (nSPS) is 23.5. The van der Waals surface area contributed by atoms with Gasteiger partial charge in [-0.15, -0.1) is 0 Å². The maximum atomic E-state index is 14.2. The van der Waals surface area contributed by atoms with Crippen LogP contribution in [0.1, 0.15) is 49.9 Å². The standard InChI is InChI=1S/C29H32F3N5O2/c1-18(2)37-25(29(30,31)32)13-14-28(37,27(39)35-20-8-4-3-5-9-20)24-16-26(34-17-33-24)36-23-10-6-7-19-11-12-21(38)15-22(19)23/h3-10,16-18,21,25,38H,11-15H2,1-2H3,(H,35,39)(H,33,34,36)/t21-,25?,28+/m1/s1. The van der Waals surface area contributed by atoms with Crippen molar-refractivity contribution >= 4 is 23.1 Å². The Morgan fingerprint density at radius 3 is 2.59 bits per heavy atom. The van der Waals surface area contributed by atoms with Crippen LogP contribution in [0.3, 0.4) is 0 Å². The summed E-state index contributed by atoms with van der Waals surface area (Å²) in [5.41, 5.74) is 1.89. The quantitative estimate of drug-likeness (QED) is 0.392. The first kappa shape index (κ1) is 27.1. The van der Waals surface area contributed by atoms with Crippen LogP contribution in [0, 0.1) is 0 Å². The molecule has 10 heteroatoms. The fourth-order valence-corrected chi connectivity index (χ4v) is 6.04. The van der Waals surface area contributed by atoms with E-state index in [0.717, 1.165) is 23.2 Å². The molecule has 1 aliphatic carbocycles. The second-order valence-corrected chi connectivity index (χ2v) is 10.5. The Morgan fingerprint density at radius 2 is 1.87 bits per heavy atom. The van der Waals surface area contributed by atoms with Gasteiger partial charge in [-0.3, -0.25) is 9.69 Å². The number of nitrogens with zero attached hydrogens (tertiary/aromatic N) is 3. The number of carbonyl (C=O) groups is 1. The van der Waals surface area contributed by atoms with E-state index < -0.39 is 35.8 Å². The van der Waals surface area contributed by atoms with Crippen LogP contribution in [0.5, 0.6) is 0 Å². The van der Waals surface area contributed by atoms with Crippen LogP contribution in [-0.2, 0) is 23.2 Å². The van der Waals surface area contributed by atoms with Gasteiger partial charge in [-0.2, -0.15) is 13.2 Å². The molecule has 1 amide bonds. The molecule has 0 radical (unpaired) electrons. The van der Waals surface area contributed by atoms with Gasteiger partial charge in [-0.25, -0.2) is 9.97 Å². The van der Waals surface area contributed by atoms with E-state index in [1.807, 2.05) is 18.2 Å². The van der Waals surface area contributed by atoms with Crippen LogP contribution >= 0.6 is 0 Å². The number of alkyl halides is 3. The smallest absolute Gasteiger partial charge is 0.393 e. The van der Waals surface area contributed by atoms with Gasteiger partial charge in [0, 0.05) is 29.9 Å². The molecule has 1 saturated heterocycles. The summed E-state index contributed by atoms with van der Waals surface area (Å²) in [6.45, 7) is 3.33. The van der Waals surface area contributed by atoms with Gasteiger partial charge in [0.1, 0.15) is 23.7 Å². The number of amides is 1. The highest BCUT2D eigenvalue weighted by Crippen LogP contribution is 2.49. The Balaban J connectivity index is 1.57. The molecule has 39 heavy (non-hydrogen) atoms. The largest absolute Gasteiger partial charge is 0.404 e. The van der Waals surface area contributed by atoms with Crippen LogP contribution in [0.4, 0.5) is 30.4 Å². The Hall–Kier alpha value is -3.50. The third kappa shape index (κ3) is 5.23. The van der Waals surface area contributed by atoms with Crippen LogP contribution in [0.15, 0.2) is 60.9 Å². The first-order chi connectivity index (χ1) is 18.6. The highest BCUT2D eigenvalue weighted by molar-refractivity contribution is 5.99. The summed E-state index contributed by atoms with van der Waals surface area (Å²) in [4.78, 5) is 24.0. The van der Waals surface area contributed by atoms with Gasteiger partial charge in [-0.1, -0.05) is 30.3 Å². The number of fused-ring (bicyclic) bond motifs is 1. The molecule has 1 fully saturated rings. The summed E-state index contributed by atoms with van der Waals surface area (Å²) in [7, 11) is 0. The highest BCUT2D eigenvalue weighted by atomic mass is 19.4. The molecular formula is C29H32F3N5O2. The van der Waals surface area contributed by atoms with Crippen molar-refractivity contribution in [3.05, 3.63) is 77.7 Å². The zero-order valence-corrected chi connectivity index (χ0v) is 21.9. The minimum Gasteiger partial charge on any atom is -0.393 e. The monoisotopic (exact) mass is 539 g/mol. The lowest BCUT2D eigenvalue weighted by Gasteiger charge is -2.42. The van der Waals surface area contributed by atoms with E-state index in [1.54, 1.807) is 50.2 Å². The Labute approximate surface area is 225 Å². The van der Waals surface area contributed by atoms with Crippen molar-refractivity contribution in [3.8, 4) is 0 Å². The Kier molecular flexibility index (Phi) is 7.35. The molecule has 5 rings (SSSR count). The predicted molar refractivity (Wildman–Crippen MR) is 143 cm³/mol. The number of halogens is 3. The fraction of sp³-hybridized carbons (Fsp3) is 0.414. The van der Waals surface area contributed by atoms with E-state index in [2.05, 4.69) is 20.6 Å². The van der Waals surface area contributed by atoms with Crippen molar-refractivity contribution < 1.29 is 23.1 Å². The third-order valence-electron chi connectivity index (χ3n) is 7.71. The van der Waals surface area contributed by atoms with Gasteiger partial charge in [0.15, 0.2) is 0 Å². The average Bonchev–Trinajstić information content (AvgIpc) is 3.33. The highest BCUT2D eigenvalue weighted by Gasteiger charge is 2.61. The van der Waals surface area contributed by atoms with Crippen LogP contribution in [0.25, 0.3) is 0 Å². The molecule has 3 aromatic rings. The third-order valence-corrected chi connectivity index (χ3v) is 7.71. The number of aromatic nitrogens is 2. The van der Waals surface area contributed by atoms with E-state index in [4.69, 9.17) is 0 Å². The van der Waals surface area contributed by atoms with Crippen molar-refractivity contribution in [2.75, 3.05) is 10.6 Å². The molecule has 7 nitrogen and oxygen atoms in total. The summed E-state index contributed by atoms with van der Waals surface area (Å²) < 4.78 is 42.7. The number of nitrogens with one attached hydrogen (secondary N) is 2. The number of hydrogen-bond acceptors (Lipinski definition) is 6. The summed E-state index contributed by atoms with van der Waals surface area (Å²) in [6, 6.07) is 13.7. The number of aryl methyl sites for hydroxylation is 1. The van der Waals surface area contributed by atoms with Crippen molar-refractivity contribution in [1.29, 1.82) is 0 Å². The molecule has 3 N–H and O–H groups in total. The molecule has 206 valence electrons. The molecule has 2 heterocycles. The van der Waals surface area contributed by atoms with Gasteiger partial charge in [0.25, 0.3) is 5.91 Å². The van der Waals surface area contributed by atoms with E-state index in [9.17, 15) is 23.1 Å². The summed E-state index contributed by atoms with van der Waals surface area (Å²) in [6.07, 6.45) is -2.03. The molecule has 2 aromatic carbocycles. The van der Waals surface area contributed by atoms with Gasteiger partial charge < -0.3 is 15.7 Å². The molecule has 3 atom stereocenters. The van der Waals surface area contributed by atoms with E-state index in [0.29, 0.717) is 24.3 Å². The minimum absolute atomic E-state index is 0.0581.